The summed E-state index contributed by atoms with van der Waals surface area (Å²) < 4.78 is 5.01. The van der Waals surface area contributed by atoms with Crippen LogP contribution >= 0.6 is 0 Å². The summed E-state index contributed by atoms with van der Waals surface area (Å²) in [5.41, 5.74) is 0. The number of likely N-dealkylation sites (N-methyl/N-ethyl adjacent to an activating group) is 1. The van der Waals surface area contributed by atoms with Gasteiger partial charge in [0.05, 0.1) is 6.61 Å². The van der Waals surface area contributed by atoms with E-state index in [1.54, 1.807) is 7.11 Å². The lowest BCUT2D eigenvalue weighted by atomic mass is 10.0. The Labute approximate surface area is 104 Å². The lowest BCUT2D eigenvalue weighted by Crippen LogP contribution is -2.37. The molecule has 0 radical (unpaired) electrons. The summed E-state index contributed by atoms with van der Waals surface area (Å²) in [5.74, 6) is 2.35. The molecular formula is C13H24N2O2. The second kappa shape index (κ2) is 5.83. The molecule has 17 heavy (non-hydrogen) atoms. The van der Waals surface area contributed by atoms with Gasteiger partial charge in [-0.25, -0.2) is 0 Å². The highest BCUT2D eigenvalue weighted by atomic mass is 16.5. The predicted octanol–water partition coefficient (Wildman–Crippen LogP) is 0.727. The monoisotopic (exact) mass is 240 g/mol. The summed E-state index contributed by atoms with van der Waals surface area (Å²) in [4.78, 5) is 14.0. The van der Waals surface area contributed by atoms with Crippen LogP contribution in [-0.4, -0.2) is 51.2 Å². The van der Waals surface area contributed by atoms with Gasteiger partial charge < -0.3 is 15.0 Å². The Kier molecular flexibility index (Phi) is 4.40. The molecule has 0 aromatic heterocycles. The van der Waals surface area contributed by atoms with Crippen molar-refractivity contribution in [3.63, 3.8) is 0 Å². The number of methoxy groups -OCH3 is 1. The van der Waals surface area contributed by atoms with Crippen molar-refractivity contribution >= 4 is 5.91 Å². The lowest BCUT2D eigenvalue weighted by molar-refractivity contribution is -0.125. The van der Waals surface area contributed by atoms with Gasteiger partial charge in [0, 0.05) is 32.7 Å². The Morgan fingerprint density at radius 3 is 2.65 bits per heavy atom. The molecule has 2 fully saturated rings. The van der Waals surface area contributed by atoms with Crippen LogP contribution < -0.4 is 5.32 Å². The van der Waals surface area contributed by atoms with E-state index in [4.69, 9.17) is 4.74 Å². The molecule has 1 N–H and O–H groups in total. The second-order valence-corrected chi connectivity index (χ2v) is 5.51. The van der Waals surface area contributed by atoms with Gasteiger partial charge in [0.15, 0.2) is 0 Å². The SMILES string of the molecule is COCCN(C)CCNC(=O)C1CC2CC2C1. The number of hydrogen-bond acceptors (Lipinski definition) is 3. The van der Waals surface area contributed by atoms with E-state index in [1.165, 1.54) is 6.42 Å². The Balaban J connectivity index is 1.54. The summed E-state index contributed by atoms with van der Waals surface area (Å²) in [5, 5.41) is 3.05. The maximum atomic E-state index is 11.9. The molecule has 98 valence electrons. The molecule has 2 atom stereocenters. The average molecular weight is 240 g/mol. The zero-order valence-electron chi connectivity index (χ0n) is 10.9. The van der Waals surface area contributed by atoms with Crippen molar-refractivity contribution in [2.45, 2.75) is 19.3 Å². The normalized spacial score (nSPS) is 30.4. The van der Waals surface area contributed by atoms with Crippen LogP contribution in [0.25, 0.3) is 0 Å². The third kappa shape index (κ3) is 3.68. The van der Waals surface area contributed by atoms with E-state index in [9.17, 15) is 4.79 Å². The highest BCUT2D eigenvalue weighted by Crippen LogP contribution is 2.54. The van der Waals surface area contributed by atoms with Crippen LogP contribution in [0.15, 0.2) is 0 Å². The minimum absolute atomic E-state index is 0.275. The van der Waals surface area contributed by atoms with Gasteiger partial charge in [-0.1, -0.05) is 0 Å². The predicted molar refractivity (Wildman–Crippen MR) is 66.7 cm³/mol. The van der Waals surface area contributed by atoms with Crippen LogP contribution in [-0.2, 0) is 9.53 Å². The number of ether oxygens (including phenoxy) is 1. The van der Waals surface area contributed by atoms with Gasteiger partial charge in [0.1, 0.15) is 0 Å². The highest BCUT2D eigenvalue weighted by molar-refractivity contribution is 5.79. The van der Waals surface area contributed by atoms with Crippen LogP contribution in [0.5, 0.6) is 0 Å². The number of rotatable bonds is 7. The molecule has 0 saturated heterocycles. The van der Waals surface area contributed by atoms with Gasteiger partial charge >= 0.3 is 0 Å². The van der Waals surface area contributed by atoms with Crippen LogP contribution in [0.3, 0.4) is 0 Å². The van der Waals surface area contributed by atoms with Gasteiger partial charge in [-0.2, -0.15) is 0 Å². The maximum Gasteiger partial charge on any atom is 0.223 e. The maximum absolute atomic E-state index is 11.9. The third-order valence-electron chi connectivity index (χ3n) is 4.08. The van der Waals surface area contributed by atoms with Crippen molar-refractivity contribution in [2.24, 2.45) is 17.8 Å². The average Bonchev–Trinajstić information content (AvgIpc) is 2.93. The lowest BCUT2D eigenvalue weighted by Gasteiger charge is -2.17. The highest BCUT2D eigenvalue weighted by Gasteiger charge is 2.47. The molecular weight excluding hydrogens is 216 g/mol. The van der Waals surface area contributed by atoms with Gasteiger partial charge in [0.25, 0.3) is 0 Å². The Morgan fingerprint density at radius 1 is 1.29 bits per heavy atom. The third-order valence-corrected chi connectivity index (χ3v) is 4.08. The number of nitrogens with zero attached hydrogens (tertiary/aromatic N) is 1. The molecule has 4 nitrogen and oxygen atoms in total. The van der Waals surface area contributed by atoms with Gasteiger partial charge in [0.2, 0.25) is 5.91 Å². The van der Waals surface area contributed by atoms with E-state index >= 15 is 0 Å². The molecule has 1 amide bonds. The number of nitrogens with one attached hydrogen (secondary N) is 1. The van der Waals surface area contributed by atoms with Crippen molar-refractivity contribution in [2.75, 3.05) is 40.4 Å². The number of hydrogen-bond donors (Lipinski definition) is 1. The van der Waals surface area contributed by atoms with Crippen LogP contribution in [0.1, 0.15) is 19.3 Å². The number of carbonyl (C=O) groups excluding carboxylic acids is 1. The zero-order chi connectivity index (χ0) is 12.3. The van der Waals surface area contributed by atoms with E-state index in [0.717, 1.165) is 50.9 Å². The Bertz CT molecular complexity index is 260. The summed E-state index contributed by atoms with van der Waals surface area (Å²) in [6, 6.07) is 0. The van der Waals surface area contributed by atoms with E-state index in [0.29, 0.717) is 5.92 Å². The number of fused-ring (bicyclic) bond motifs is 1. The van der Waals surface area contributed by atoms with Crippen molar-refractivity contribution < 1.29 is 9.53 Å². The topological polar surface area (TPSA) is 41.6 Å². The van der Waals surface area contributed by atoms with Crippen LogP contribution in [0.4, 0.5) is 0 Å². The number of carbonyl (C=O) groups is 1. The molecule has 2 saturated carbocycles. The molecule has 0 bridgehead atoms. The fourth-order valence-corrected chi connectivity index (χ4v) is 2.80. The smallest absolute Gasteiger partial charge is 0.223 e. The molecule has 2 aliphatic rings. The van der Waals surface area contributed by atoms with E-state index in [1.807, 2.05) is 0 Å². The zero-order valence-corrected chi connectivity index (χ0v) is 10.9. The summed E-state index contributed by atoms with van der Waals surface area (Å²) in [7, 11) is 3.76. The molecule has 0 aliphatic heterocycles. The van der Waals surface area contributed by atoms with Crippen molar-refractivity contribution in [1.29, 1.82) is 0 Å². The largest absolute Gasteiger partial charge is 0.383 e. The molecule has 2 aliphatic carbocycles. The molecule has 0 aromatic rings. The fraction of sp³-hybridized carbons (Fsp3) is 0.923. The molecule has 0 aromatic carbocycles. The van der Waals surface area contributed by atoms with E-state index in [2.05, 4.69) is 17.3 Å². The first kappa shape index (κ1) is 12.8. The minimum Gasteiger partial charge on any atom is -0.383 e. The second-order valence-electron chi connectivity index (χ2n) is 5.51. The first-order valence-electron chi connectivity index (χ1n) is 6.66. The summed E-state index contributed by atoms with van der Waals surface area (Å²) in [6.07, 6.45) is 3.65. The van der Waals surface area contributed by atoms with Gasteiger partial charge in [-0.15, -0.1) is 0 Å². The molecule has 0 heterocycles. The van der Waals surface area contributed by atoms with E-state index in [-0.39, 0.29) is 5.91 Å². The van der Waals surface area contributed by atoms with Gasteiger partial charge in [-0.05, 0) is 38.1 Å². The first-order valence-corrected chi connectivity index (χ1v) is 6.66. The van der Waals surface area contributed by atoms with Crippen molar-refractivity contribution in [1.82, 2.24) is 10.2 Å². The summed E-state index contributed by atoms with van der Waals surface area (Å²) in [6.45, 7) is 3.32. The molecule has 2 rings (SSSR count). The minimum atomic E-state index is 0.275. The standard InChI is InChI=1S/C13H24N2O2/c1-15(5-6-17-2)4-3-14-13(16)12-8-10-7-11(10)9-12/h10-12H,3-9H2,1-2H3,(H,14,16). The molecule has 0 spiro atoms. The molecule has 4 heteroatoms. The number of amides is 1. The Hall–Kier alpha value is -0.610. The van der Waals surface area contributed by atoms with Crippen molar-refractivity contribution in [3.05, 3.63) is 0 Å². The van der Waals surface area contributed by atoms with Crippen molar-refractivity contribution in [3.8, 4) is 0 Å². The van der Waals surface area contributed by atoms with Crippen LogP contribution in [0, 0.1) is 17.8 Å². The van der Waals surface area contributed by atoms with Crippen LogP contribution in [0.2, 0.25) is 0 Å². The molecule has 2 unspecified atom stereocenters. The van der Waals surface area contributed by atoms with E-state index < -0.39 is 0 Å². The Morgan fingerprint density at radius 2 is 2.00 bits per heavy atom. The quantitative estimate of drug-likeness (QED) is 0.713. The first-order chi connectivity index (χ1) is 8.20. The van der Waals surface area contributed by atoms with Gasteiger partial charge in [-0.3, -0.25) is 4.79 Å². The summed E-state index contributed by atoms with van der Waals surface area (Å²) >= 11 is 0. The fourth-order valence-electron chi connectivity index (χ4n) is 2.80.